The molecule has 3 aromatic rings. The summed E-state index contributed by atoms with van der Waals surface area (Å²) in [6, 6.07) is 18.6. The van der Waals surface area contributed by atoms with Crippen LogP contribution < -0.4 is 15.5 Å². The van der Waals surface area contributed by atoms with Gasteiger partial charge in [-0.1, -0.05) is 45.8 Å². The van der Waals surface area contributed by atoms with Crippen LogP contribution in [-0.2, 0) is 4.79 Å². The van der Waals surface area contributed by atoms with Crippen LogP contribution in [0.2, 0.25) is 0 Å². The zero-order valence-corrected chi connectivity index (χ0v) is 20.7. The van der Waals surface area contributed by atoms with Crippen LogP contribution in [-0.4, -0.2) is 39.0 Å². The van der Waals surface area contributed by atoms with Crippen LogP contribution in [0, 0.1) is 6.92 Å². The molecule has 0 aliphatic carbocycles. The van der Waals surface area contributed by atoms with Crippen molar-refractivity contribution in [2.75, 3.05) is 27.2 Å². The normalized spacial score (nSPS) is 11.5. The van der Waals surface area contributed by atoms with Gasteiger partial charge in [0.1, 0.15) is 17.2 Å². The van der Waals surface area contributed by atoms with Gasteiger partial charge in [0.25, 0.3) is 11.8 Å². The molecule has 0 bridgehead atoms. The number of rotatable bonds is 9. The average Bonchev–Trinajstić information content (AvgIpc) is 3.25. The van der Waals surface area contributed by atoms with Crippen molar-refractivity contribution in [2.24, 2.45) is 0 Å². The molecule has 3 rings (SSSR count). The average molecular weight is 511 g/mol. The molecular weight excluding hydrogens is 482 g/mol. The van der Waals surface area contributed by atoms with E-state index in [9.17, 15) is 9.59 Å². The Morgan fingerprint density at radius 3 is 2.36 bits per heavy atom. The fourth-order valence-electron chi connectivity index (χ4n) is 3.14. The monoisotopic (exact) mass is 510 g/mol. The Morgan fingerprint density at radius 2 is 1.70 bits per heavy atom. The highest BCUT2D eigenvalue weighted by atomic mass is 79.9. The lowest BCUT2D eigenvalue weighted by Gasteiger charge is -2.12. The molecule has 0 spiro atoms. The summed E-state index contributed by atoms with van der Waals surface area (Å²) < 4.78 is 6.90. The fourth-order valence-corrected chi connectivity index (χ4v) is 3.40. The van der Waals surface area contributed by atoms with Gasteiger partial charge >= 0.3 is 0 Å². The first-order valence-corrected chi connectivity index (χ1v) is 11.6. The highest BCUT2D eigenvalue weighted by Crippen LogP contribution is 2.25. The van der Waals surface area contributed by atoms with Crippen molar-refractivity contribution < 1.29 is 18.9 Å². The molecule has 0 saturated carbocycles. The van der Waals surface area contributed by atoms with E-state index >= 15 is 0 Å². The lowest BCUT2D eigenvalue weighted by atomic mass is 10.1. The minimum absolute atomic E-state index is 0.134. The van der Waals surface area contributed by atoms with Crippen molar-refractivity contribution in [3.8, 4) is 11.3 Å². The highest BCUT2D eigenvalue weighted by Gasteiger charge is 2.16. The molecule has 0 unspecified atom stereocenters. The van der Waals surface area contributed by atoms with E-state index in [1.807, 2.05) is 49.4 Å². The van der Waals surface area contributed by atoms with Crippen LogP contribution in [0.1, 0.15) is 28.1 Å². The highest BCUT2D eigenvalue weighted by molar-refractivity contribution is 9.10. The molecule has 0 aliphatic heterocycles. The molecule has 7 heteroatoms. The Balaban J connectivity index is 1.80. The van der Waals surface area contributed by atoms with Crippen molar-refractivity contribution in [3.05, 3.63) is 87.7 Å². The standard InChI is InChI=1S/C26H28BrN3O3/c1-18-5-7-20(8-6-18)25(31)29-23(26(32)28-15-4-16-30(2)3)17-22-13-14-24(33-22)19-9-11-21(27)12-10-19/h5-14,17H,4,15-16H2,1-3H3,(H,28,32)(H,29,31)/p+1. The smallest absolute Gasteiger partial charge is 0.267 e. The minimum atomic E-state index is -0.356. The van der Waals surface area contributed by atoms with Crippen molar-refractivity contribution in [1.29, 1.82) is 0 Å². The summed E-state index contributed by atoms with van der Waals surface area (Å²) in [7, 11) is 4.13. The van der Waals surface area contributed by atoms with Crippen molar-refractivity contribution in [1.82, 2.24) is 10.6 Å². The van der Waals surface area contributed by atoms with Gasteiger partial charge in [0.05, 0.1) is 20.6 Å². The van der Waals surface area contributed by atoms with Gasteiger partial charge in [-0.05, 0) is 43.3 Å². The van der Waals surface area contributed by atoms with Gasteiger partial charge < -0.3 is 20.0 Å². The Bertz CT molecular complexity index is 1120. The van der Waals surface area contributed by atoms with E-state index in [-0.39, 0.29) is 17.5 Å². The van der Waals surface area contributed by atoms with E-state index in [1.54, 1.807) is 24.3 Å². The molecule has 2 amide bonds. The molecule has 6 nitrogen and oxygen atoms in total. The first-order valence-electron chi connectivity index (χ1n) is 10.8. The third kappa shape index (κ3) is 7.44. The summed E-state index contributed by atoms with van der Waals surface area (Å²) >= 11 is 3.43. The predicted molar refractivity (Wildman–Crippen MR) is 134 cm³/mol. The van der Waals surface area contributed by atoms with Crippen molar-refractivity contribution >= 4 is 33.8 Å². The molecule has 1 aromatic heterocycles. The molecule has 0 aliphatic rings. The number of nitrogens with one attached hydrogen (secondary N) is 3. The summed E-state index contributed by atoms with van der Waals surface area (Å²) in [4.78, 5) is 27.0. The van der Waals surface area contributed by atoms with Crippen LogP contribution in [0.25, 0.3) is 17.4 Å². The molecule has 172 valence electrons. The van der Waals surface area contributed by atoms with Crippen LogP contribution in [0.3, 0.4) is 0 Å². The number of carbonyl (C=O) groups excluding carboxylic acids is 2. The van der Waals surface area contributed by atoms with Gasteiger partial charge in [-0.25, -0.2) is 0 Å². The quantitative estimate of drug-likeness (QED) is 0.305. The van der Waals surface area contributed by atoms with Gasteiger partial charge in [0.15, 0.2) is 0 Å². The second-order valence-corrected chi connectivity index (χ2v) is 9.07. The van der Waals surface area contributed by atoms with E-state index in [4.69, 9.17) is 4.42 Å². The van der Waals surface area contributed by atoms with Gasteiger partial charge in [0, 0.05) is 34.6 Å². The molecule has 33 heavy (non-hydrogen) atoms. The van der Waals surface area contributed by atoms with E-state index < -0.39 is 0 Å². The number of benzene rings is 2. The van der Waals surface area contributed by atoms with E-state index in [0.717, 1.165) is 28.6 Å². The van der Waals surface area contributed by atoms with E-state index in [1.165, 1.54) is 4.90 Å². The van der Waals surface area contributed by atoms with Crippen molar-refractivity contribution in [2.45, 2.75) is 13.3 Å². The second kappa shape index (κ2) is 11.6. The third-order valence-electron chi connectivity index (χ3n) is 4.99. The molecule has 0 atom stereocenters. The fraction of sp³-hybridized carbons (Fsp3) is 0.231. The van der Waals surface area contributed by atoms with Crippen LogP contribution in [0.15, 0.2) is 75.3 Å². The van der Waals surface area contributed by atoms with Crippen LogP contribution >= 0.6 is 15.9 Å². The Labute approximate surface area is 202 Å². The number of halogens is 1. The molecule has 3 N–H and O–H groups in total. The Hall–Kier alpha value is -3.16. The number of hydrogen-bond donors (Lipinski definition) is 3. The second-order valence-electron chi connectivity index (χ2n) is 8.15. The first kappa shape index (κ1) is 24.5. The number of hydrogen-bond acceptors (Lipinski definition) is 3. The maximum Gasteiger partial charge on any atom is 0.267 e. The summed E-state index contributed by atoms with van der Waals surface area (Å²) in [5, 5.41) is 5.63. The summed E-state index contributed by atoms with van der Waals surface area (Å²) in [6.45, 7) is 3.41. The largest absolute Gasteiger partial charge is 0.457 e. The maximum absolute atomic E-state index is 12.9. The summed E-state index contributed by atoms with van der Waals surface area (Å²) in [5.41, 5.74) is 2.58. The molecule has 0 fully saturated rings. The van der Waals surface area contributed by atoms with Crippen LogP contribution in [0.4, 0.5) is 0 Å². The SMILES string of the molecule is Cc1ccc(C(=O)NC(=Cc2ccc(-c3ccc(Br)cc3)o2)C(=O)NCCC[NH+](C)C)cc1. The first-order chi connectivity index (χ1) is 15.8. The number of quaternary nitrogens is 1. The maximum atomic E-state index is 12.9. The lowest BCUT2D eigenvalue weighted by molar-refractivity contribution is -0.858. The van der Waals surface area contributed by atoms with Gasteiger partial charge in [-0.3, -0.25) is 9.59 Å². The number of amides is 2. The zero-order valence-electron chi connectivity index (χ0n) is 19.1. The molecule has 0 radical (unpaired) electrons. The van der Waals surface area contributed by atoms with E-state index in [2.05, 4.69) is 40.7 Å². The Kier molecular flexibility index (Phi) is 8.63. The van der Waals surface area contributed by atoms with Crippen LogP contribution in [0.5, 0.6) is 0 Å². The number of carbonyl (C=O) groups is 2. The topological polar surface area (TPSA) is 75.8 Å². The summed E-state index contributed by atoms with van der Waals surface area (Å²) in [5.74, 6) is 0.437. The predicted octanol–water partition coefficient (Wildman–Crippen LogP) is 3.44. The lowest BCUT2D eigenvalue weighted by Crippen LogP contribution is -3.05. The van der Waals surface area contributed by atoms with Gasteiger partial charge in [0.2, 0.25) is 0 Å². The molecule has 0 saturated heterocycles. The Morgan fingerprint density at radius 1 is 1.00 bits per heavy atom. The number of furan rings is 1. The molecule has 1 heterocycles. The summed E-state index contributed by atoms with van der Waals surface area (Å²) in [6.07, 6.45) is 2.39. The van der Waals surface area contributed by atoms with E-state index in [0.29, 0.717) is 23.6 Å². The van der Waals surface area contributed by atoms with Gasteiger partial charge in [-0.15, -0.1) is 0 Å². The third-order valence-corrected chi connectivity index (χ3v) is 5.52. The molecule has 2 aromatic carbocycles. The zero-order chi connectivity index (χ0) is 23.8. The van der Waals surface area contributed by atoms with Crippen molar-refractivity contribution in [3.63, 3.8) is 0 Å². The van der Waals surface area contributed by atoms with Gasteiger partial charge in [-0.2, -0.15) is 0 Å². The molecular formula is C26H29BrN3O3+. The number of aryl methyl sites for hydroxylation is 1. The minimum Gasteiger partial charge on any atom is -0.457 e.